The van der Waals surface area contributed by atoms with Gasteiger partial charge in [-0.05, 0) is 40.3 Å². The van der Waals surface area contributed by atoms with Gasteiger partial charge >= 0.3 is 0 Å². The highest BCUT2D eigenvalue weighted by atomic mass is 127. The Bertz CT molecular complexity index is 797. The van der Waals surface area contributed by atoms with E-state index in [2.05, 4.69) is 22.6 Å². The number of carbonyl (C=O) groups excluding carboxylic acids is 2. The first-order valence-corrected chi connectivity index (χ1v) is 8.14. The van der Waals surface area contributed by atoms with Gasteiger partial charge in [-0.1, -0.05) is 42.5 Å². The van der Waals surface area contributed by atoms with Gasteiger partial charge in [-0.25, -0.2) is 0 Å². The number of likely N-dealkylation sites (tertiary alicyclic amines) is 1. The van der Waals surface area contributed by atoms with Crippen LogP contribution in [0.4, 0.5) is 0 Å². The van der Waals surface area contributed by atoms with Gasteiger partial charge in [-0.2, -0.15) is 0 Å². The molecule has 0 radical (unpaired) electrons. The lowest BCUT2D eigenvalue weighted by atomic mass is 9.95. The van der Waals surface area contributed by atoms with Gasteiger partial charge in [0.15, 0.2) is 0 Å². The zero-order chi connectivity index (χ0) is 16.6. The summed E-state index contributed by atoms with van der Waals surface area (Å²) in [7, 11) is 1.58. The number of nitrogens with zero attached hydrogens (tertiary/aromatic N) is 1. The fourth-order valence-electron chi connectivity index (χ4n) is 2.73. The summed E-state index contributed by atoms with van der Waals surface area (Å²) in [6.07, 6.45) is 0. The Morgan fingerprint density at radius 1 is 1.04 bits per heavy atom. The molecule has 3 rings (SSSR count). The number of benzene rings is 2. The van der Waals surface area contributed by atoms with Crippen molar-refractivity contribution in [1.29, 1.82) is 0 Å². The van der Waals surface area contributed by atoms with E-state index in [0.717, 1.165) is 9.13 Å². The van der Waals surface area contributed by atoms with Crippen LogP contribution in [-0.4, -0.2) is 28.7 Å². The molecule has 5 heteroatoms. The summed E-state index contributed by atoms with van der Waals surface area (Å²) in [5, 5.41) is 10.6. The van der Waals surface area contributed by atoms with E-state index in [4.69, 9.17) is 0 Å². The highest BCUT2D eigenvalue weighted by molar-refractivity contribution is 14.1. The lowest BCUT2D eigenvalue weighted by Gasteiger charge is -2.21. The number of Topliss-reactive ketones (excluding diaryl/α,β-unsaturated/α-hetero) is 1. The number of likely N-dealkylation sites (N-methyl/N-ethyl adjacent to an activating group) is 1. The van der Waals surface area contributed by atoms with Crippen LogP contribution in [0.5, 0.6) is 0 Å². The van der Waals surface area contributed by atoms with Crippen LogP contribution in [0.15, 0.2) is 60.2 Å². The molecule has 1 amide bonds. The van der Waals surface area contributed by atoms with Crippen molar-refractivity contribution in [2.24, 2.45) is 0 Å². The van der Waals surface area contributed by atoms with Crippen LogP contribution in [0.25, 0.3) is 5.76 Å². The number of carbonyl (C=O) groups is 2. The number of hydrogen-bond donors (Lipinski definition) is 1. The Labute approximate surface area is 147 Å². The highest BCUT2D eigenvalue weighted by Gasteiger charge is 2.44. The fourth-order valence-corrected chi connectivity index (χ4v) is 3.09. The summed E-state index contributed by atoms with van der Waals surface area (Å²) in [4.78, 5) is 25.9. The normalized spacial score (nSPS) is 20.1. The van der Waals surface area contributed by atoms with Crippen LogP contribution in [0, 0.1) is 3.57 Å². The van der Waals surface area contributed by atoms with Crippen molar-refractivity contribution in [3.63, 3.8) is 0 Å². The van der Waals surface area contributed by atoms with Gasteiger partial charge in [-0.3, -0.25) is 9.59 Å². The maximum atomic E-state index is 12.4. The van der Waals surface area contributed by atoms with E-state index in [1.807, 2.05) is 30.3 Å². The number of halogens is 1. The minimum atomic E-state index is -0.655. The Hall–Kier alpha value is -2.15. The zero-order valence-electron chi connectivity index (χ0n) is 12.4. The number of amides is 1. The third-order valence-corrected chi connectivity index (χ3v) is 4.63. The fraction of sp³-hybridized carbons (Fsp3) is 0.111. The molecule has 1 atom stereocenters. The summed E-state index contributed by atoms with van der Waals surface area (Å²) >= 11 is 2.19. The molecular formula is C18H14INO3. The Kier molecular flexibility index (Phi) is 4.21. The predicted molar refractivity (Wildman–Crippen MR) is 95.7 cm³/mol. The summed E-state index contributed by atoms with van der Waals surface area (Å²) in [5.41, 5.74) is 1.45. The molecular weight excluding hydrogens is 405 g/mol. The van der Waals surface area contributed by atoms with Crippen molar-refractivity contribution in [2.75, 3.05) is 7.05 Å². The van der Waals surface area contributed by atoms with E-state index in [0.29, 0.717) is 5.56 Å². The van der Waals surface area contributed by atoms with Crippen LogP contribution in [0.3, 0.4) is 0 Å². The van der Waals surface area contributed by atoms with Gasteiger partial charge in [0.25, 0.3) is 11.7 Å². The molecule has 1 saturated heterocycles. The molecule has 0 saturated carbocycles. The molecule has 4 nitrogen and oxygen atoms in total. The SMILES string of the molecule is CN1C(=O)C(=O)/C(=C(\O)c2ccccc2)C1c1ccc(I)cc1. The first-order chi connectivity index (χ1) is 11.0. The van der Waals surface area contributed by atoms with Crippen molar-refractivity contribution in [1.82, 2.24) is 4.90 Å². The molecule has 2 aromatic rings. The van der Waals surface area contributed by atoms with Gasteiger partial charge < -0.3 is 10.0 Å². The van der Waals surface area contributed by atoms with Crippen LogP contribution in [-0.2, 0) is 9.59 Å². The first-order valence-electron chi connectivity index (χ1n) is 7.06. The molecule has 116 valence electrons. The minimum Gasteiger partial charge on any atom is -0.507 e. The second-order valence-electron chi connectivity index (χ2n) is 5.33. The molecule has 1 fully saturated rings. The largest absolute Gasteiger partial charge is 0.507 e. The minimum absolute atomic E-state index is 0.130. The van der Waals surface area contributed by atoms with Gasteiger partial charge in [-0.15, -0.1) is 0 Å². The van der Waals surface area contributed by atoms with Crippen molar-refractivity contribution in [2.45, 2.75) is 6.04 Å². The molecule has 1 aliphatic rings. The zero-order valence-corrected chi connectivity index (χ0v) is 14.5. The molecule has 23 heavy (non-hydrogen) atoms. The van der Waals surface area contributed by atoms with E-state index in [9.17, 15) is 14.7 Å². The van der Waals surface area contributed by atoms with E-state index in [1.54, 1.807) is 31.3 Å². The van der Waals surface area contributed by atoms with Crippen LogP contribution in [0.2, 0.25) is 0 Å². The Morgan fingerprint density at radius 2 is 1.65 bits per heavy atom. The van der Waals surface area contributed by atoms with Crippen LogP contribution < -0.4 is 0 Å². The molecule has 1 unspecified atom stereocenters. The van der Waals surface area contributed by atoms with Crippen molar-refractivity contribution >= 4 is 40.0 Å². The first kappa shape index (κ1) is 15.7. The van der Waals surface area contributed by atoms with E-state index in [1.165, 1.54) is 4.90 Å². The van der Waals surface area contributed by atoms with Crippen LogP contribution >= 0.6 is 22.6 Å². The van der Waals surface area contributed by atoms with Crippen molar-refractivity contribution < 1.29 is 14.7 Å². The average molecular weight is 419 g/mol. The molecule has 0 spiro atoms. The number of aliphatic hydroxyl groups excluding tert-OH is 1. The van der Waals surface area contributed by atoms with E-state index >= 15 is 0 Å². The molecule has 0 bridgehead atoms. The lowest BCUT2D eigenvalue weighted by molar-refractivity contribution is -0.139. The number of ketones is 1. The Morgan fingerprint density at radius 3 is 2.26 bits per heavy atom. The second-order valence-corrected chi connectivity index (χ2v) is 6.57. The van der Waals surface area contributed by atoms with Crippen molar-refractivity contribution in [3.05, 3.63) is 74.9 Å². The van der Waals surface area contributed by atoms with Crippen molar-refractivity contribution in [3.8, 4) is 0 Å². The molecule has 1 N–H and O–H groups in total. The smallest absolute Gasteiger partial charge is 0.295 e. The quantitative estimate of drug-likeness (QED) is 0.352. The topological polar surface area (TPSA) is 57.6 Å². The van der Waals surface area contributed by atoms with E-state index in [-0.39, 0.29) is 11.3 Å². The molecule has 1 aliphatic heterocycles. The maximum absolute atomic E-state index is 12.4. The summed E-state index contributed by atoms with van der Waals surface area (Å²) in [6.45, 7) is 0. The average Bonchev–Trinajstić information content (AvgIpc) is 2.80. The third-order valence-electron chi connectivity index (χ3n) is 3.91. The maximum Gasteiger partial charge on any atom is 0.295 e. The molecule has 2 aromatic carbocycles. The highest BCUT2D eigenvalue weighted by Crippen LogP contribution is 2.38. The molecule has 0 aromatic heterocycles. The second kappa shape index (κ2) is 6.16. The van der Waals surface area contributed by atoms with Gasteiger partial charge in [0.2, 0.25) is 0 Å². The van der Waals surface area contributed by atoms with Crippen LogP contribution in [0.1, 0.15) is 17.2 Å². The number of rotatable bonds is 2. The monoisotopic (exact) mass is 419 g/mol. The Balaban J connectivity index is 2.17. The molecule has 0 aliphatic carbocycles. The summed E-state index contributed by atoms with van der Waals surface area (Å²) in [6, 6.07) is 15.8. The number of hydrogen-bond acceptors (Lipinski definition) is 3. The third kappa shape index (κ3) is 2.76. The van der Waals surface area contributed by atoms with Gasteiger partial charge in [0, 0.05) is 16.2 Å². The van der Waals surface area contributed by atoms with E-state index < -0.39 is 17.7 Å². The number of aliphatic hydroxyl groups is 1. The molecule has 1 heterocycles. The summed E-state index contributed by atoms with van der Waals surface area (Å²) < 4.78 is 1.06. The predicted octanol–water partition coefficient (Wildman–Crippen LogP) is 3.34. The van der Waals surface area contributed by atoms with Gasteiger partial charge in [0.1, 0.15) is 5.76 Å². The lowest BCUT2D eigenvalue weighted by Crippen LogP contribution is -2.24. The summed E-state index contributed by atoms with van der Waals surface area (Å²) in [5.74, 6) is -1.40. The standard InChI is InChI=1S/C18H14INO3/c1-20-15(11-7-9-13(19)10-8-11)14(17(22)18(20)23)16(21)12-5-3-2-4-6-12/h2-10,15,21H,1H3/b16-14-. The van der Waals surface area contributed by atoms with Gasteiger partial charge in [0.05, 0.1) is 11.6 Å².